The number of hydrogen-bond acceptors (Lipinski definition) is 3. The Morgan fingerprint density at radius 2 is 1.96 bits per heavy atom. The number of carbonyl (C=O) groups is 1. The van der Waals surface area contributed by atoms with Crippen LogP contribution in [0.5, 0.6) is 11.5 Å². The van der Waals surface area contributed by atoms with Crippen LogP contribution in [0.25, 0.3) is 6.08 Å². The van der Waals surface area contributed by atoms with Gasteiger partial charge >= 0.3 is 0 Å². The molecule has 0 atom stereocenters. The summed E-state index contributed by atoms with van der Waals surface area (Å²) in [4.78, 5) is 10.8. The molecule has 2 aromatic rings. The van der Waals surface area contributed by atoms with Crippen molar-refractivity contribution in [2.45, 2.75) is 6.61 Å². The highest BCUT2D eigenvalue weighted by Gasteiger charge is 2.13. The third-order valence-corrected chi connectivity index (χ3v) is 3.80. The number of carbonyl (C=O) groups excluding carboxylic acids is 1. The maximum absolute atomic E-state index is 13.1. The SMILES string of the molecule is COc1cc(/C=C/C(=O)Cl)cc(Cl)c1OCc1ccc(F)cc1Cl. The van der Waals surface area contributed by atoms with Gasteiger partial charge in [-0.2, -0.15) is 0 Å². The molecule has 3 nitrogen and oxygen atoms in total. The van der Waals surface area contributed by atoms with Crippen molar-refractivity contribution in [2.75, 3.05) is 7.11 Å². The van der Waals surface area contributed by atoms with Crippen LogP contribution >= 0.6 is 34.8 Å². The van der Waals surface area contributed by atoms with Crippen LogP contribution in [0.1, 0.15) is 11.1 Å². The highest BCUT2D eigenvalue weighted by Crippen LogP contribution is 2.37. The van der Waals surface area contributed by atoms with E-state index in [1.165, 1.54) is 37.5 Å². The molecule has 24 heavy (non-hydrogen) atoms. The zero-order valence-corrected chi connectivity index (χ0v) is 14.8. The number of rotatable bonds is 6. The van der Waals surface area contributed by atoms with Crippen LogP contribution < -0.4 is 9.47 Å². The second-order valence-corrected chi connectivity index (χ2v) is 5.88. The molecule has 7 heteroatoms. The summed E-state index contributed by atoms with van der Waals surface area (Å²) in [7, 11) is 1.46. The lowest BCUT2D eigenvalue weighted by Crippen LogP contribution is -2.00. The van der Waals surface area contributed by atoms with Gasteiger partial charge in [0, 0.05) is 5.56 Å². The van der Waals surface area contributed by atoms with E-state index < -0.39 is 11.1 Å². The molecule has 0 aliphatic rings. The molecule has 0 N–H and O–H groups in total. The molecule has 0 fully saturated rings. The van der Waals surface area contributed by atoms with E-state index in [0.29, 0.717) is 22.6 Å². The van der Waals surface area contributed by atoms with Crippen LogP contribution in [0, 0.1) is 5.82 Å². The van der Waals surface area contributed by atoms with Crippen molar-refractivity contribution < 1.29 is 18.7 Å². The molecule has 0 heterocycles. The Hall–Kier alpha value is -1.75. The van der Waals surface area contributed by atoms with E-state index in [1.807, 2.05) is 0 Å². The topological polar surface area (TPSA) is 35.5 Å². The van der Waals surface area contributed by atoms with Gasteiger partial charge in [-0.05, 0) is 53.6 Å². The van der Waals surface area contributed by atoms with Crippen molar-refractivity contribution in [1.29, 1.82) is 0 Å². The average Bonchev–Trinajstić information content (AvgIpc) is 2.52. The summed E-state index contributed by atoms with van der Waals surface area (Å²) in [6.07, 6.45) is 2.70. The van der Waals surface area contributed by atoms with E-state index in [0.717, 1.165) is 0 Å². The summed E-state index contributed by atoms with van der Waals surface area (Å²) in [6, 6.07) is 7.27. The largest absolute Gasteiger partial charge is 0.493 e. The number of benzene rings is 2. The lowest BCUT2D eigenvalue weighted by molar-refractivity contribution is -0.107. The molecule has 0 aromatic heterocycles. The first kappa shape index (κ1) is 18.6. The fourth-order valence-electron chi connectivity index (χ4n) is 1.93. The molecule has 2 aromatic carbocycles. The third-order valence-electron chi connectivity index (χ3n) is 3.05. The fraction of sp³-hybridized carbons (Fsp3) is 0.118. The van der Waals surface area contributed by atoms with E-state index in [1.54, 1.807) is 12.1 Å². The van der Waals surface area contributed by atoms with Crippen molar-refractivity contribution in [3.63, 3.8) is 0 Å². The summed E-state index contributed by atoms with van der Waals surface area (Å²) in [6.45, 7) is 0.0878. The minimum absolute atomic E-state index is 0.0878. The summed E-state index contributed by atoms with van der Waals surface area (Å²) >= 11 is 17.4. The molecule has 0 aliphatic heterocycles. The van der Waals surface area contributed by atoms with Crippen molar-refractivity contribution in [3.05, 3.63) is 63.4 Å². The van der Waals surface area contributed by atoms with Crippen LogP contribution in [0.4, 0.5) is 4.39 Å². The molecule has 0 bridgehead atoms. The minimum atomic E-state index is -0.601. The molecule has 0 aliphatic carbocycles. The summed E-state index contributed by atoms with van der Waals surface area (Å²) in [5, 5.41) is -0.0594. The van der Waals surface area contributed by atoms with Crippen LogP contribution in [0.3, 0.4) is 0 Å². The van der Waals surface area contributed by atoms with Crippen LogP contribution in [0.2, 0.25) is 10.0 Å². The molecular weight excluding hydrogens is 378 g/mol. The lowest BCUT2D eigenvalue weighted by Gasteiger charge is -2.14. The van der Waals surface area contributed by atoms with Gasteiger partial charge in [0.05, 0.1) is 17.2 Å². The summed E-state index contributed by atoms with van der Waals surface area (Å²) in [5.74, 6) is 0.264. The van der Waals surface area contributed by atoms with E-state index in [9.17, 15) is 9.18 Å². The first-order valence-corrected chi connectivity index (χ1v) is 7.86. The van der Waals surface area contributed by atoms with E-state index in [2.05, 4.69) is 0 Å². The van der Waals surface area contributed by atoms with Crippen LogP contribution in [-0.4, -0.2) is 12.4 Å². The van der Waals surface area contributed by atoms with Gasteiger partial charge in [-0.15, -0.1) is 0 Å². The first-order valence-electron chi connectivity index (χ1n) is 6.72. The van der Waals surface area contributed by atoms with Gasteiger partial charge in [0.2, 0.25) is 5.24 Å². The maximum Gasteiger partial charge on any atom is 0.245 e. The number of hydrogen-bond donors (Lipinski definition) is 0. The standard InChI is InChI=1S/C17H12Cl3FO3/c1-23-15-7-10(2-5-16(20)22)6-14(19)17(15)24-9-11-3-4-12(21)8-13(11)18/h2-8H,9H2,1H3/b5-2+. The van der Waals surface area contributed by atoms with Gasteiger partial charge in [0.25, 0.3) is 0 Å². The van der Waals surface area contributed by atoms with E-state index >= 15 is 0 Å². The molecule has 0 spiro atoms. The number of allylic oxidation sites excluding steroid dienone is 1. The fourth-order valence-corrected chi connectivity index (χ4v) is 2.48. The highest BCUT2D eigenvalue weighted by molar-refractivity contribution is 6.66. The second kappa shape index (κ2) is 8.38. The predicted molar refractivity (Wildman–Crippen MR) is 93.6 cm³/mol. The smallest absolute Gasteiger partial charge is 0.245 e. The molecule has 0 amide bonds. The predicted octanol–water partition coefficient (Wildman–Crippen LogP) is 5.50. The van der Waals surface area contributed by atoms with Crippen molar-refractivity contribution >= 4 is 46.1 Å². The van der Waals surface area contributed by atoms with Gasteiger partial charge in [-0.3, -0.25) is 4.79 Å². The number of methoxy groups -OCH3 is 1. The highest BCUT2D eigenvalue weighted by atomic mass is 35.5. The van der Waals surface area contributed by atoms with Gasteiger partial charge in [-0.1, -0.05) is 29.3 Å². The molecule has 126 valence electrons. The second-order valence-electron chi connectivity index (χ2n) is 4.70. The van der Waals surface area contributed by atoms with Crippen molar-refractivity contribution in [3.8, 4) is 11.5 Å². The Morgan fingerprint density at radius 3 is 2.58 bits per heavy atom. The summed E-state index contributed by atoms with van der Waals surface area (Å²) < 4.78 is 24.0. The normalized spacial score (nSPS) is 10.9. The maximum atomic E-state index is 13.1. The Kier molecular flexibility index (Phi) is 6.49. The number of ether oxygens (including phenoxy) is 2. The molecule has 2 rings (SSSR count). The van der Waals surface area contributed by atoms with E-state index in [4.69, 9.17) is 44.3 Å². The lowest BCUT2D eigenvalue weighted by atomic mass is 10.2. The quantitative estimate of drug-likeness (QED) is 0.483. The Bertz CT molecular complexity index is 791. The van der Waals surface area contributed by atoms with Gasteiger partial charge in [0.15, 0.2) is 11.5 Å². The minimum Gasteiger partial charge on any atom is -0.493 e. The Morgan fingerprint density at radius 1 is 1.21 bits per heavy atom. The molecular formula is C17H12Cl3FO3. The Labute approximate surface area is 153 Å². The van der Waals surface area contributed by atoms with Gasteiger partial charge in [0.1, 0.15) is 12.4 Å². The van der Waals surface area contributed by atoms with Crippen molar-refractivity contribution in [2.24, 2.45) is 0 Å². The third kappa shape index (κ3) is 4.87. The Balaban J connectivity index is 2.24. The zero-order chi connectivity index (χ0) is 17.7. The van der Waals surface area contributed by atoms with Gasteiger partial charge in [-0.25, -0.2) is 4.39 Å². The van der Waals surface area contributed by atoms with Crippen LogP contribution in [0.15, 0.2) is 36.4 Å². The zero-order valence-electron chi connectivity index (χ0n) is 12.5. The molecule has 0 radical (unpaired) electrons. The molecule has 0 unspecified atom stereocenters. The van der Waals surface area contributed by atoms with E-state index in [-0.39, 0.29) is 16.7 Å². The number of halogens is 4. The monoisotopic (exact) mass is 388 g/mol. The van der Waals surface area contributed by atoms with Gasteiger partial charge < -0.3 is 9.47 Å². The molecule has 0 saturated heterocycles. The van der Waals surface area contributed by atoms with Crippen LogP contribution in [-0.2, 0) is 11.4 Å². The molecule has 0 saturated carbocycles. The first-order chi connectivity index (χ1) is 11.4. The summed E-state index contributed by atoms with van der Waals surface area (Å²) in [5.41, 5.74) is 1.23. The average molecular weight is 390 g/mol. The van der Waals surface area contributed by atoms with Crippen molar-refractivity contribution in [1.82, 2.24) is 0 Å².